The van der Waals surface area contributed by atoms with Crippen LogP contribution in [0.1, 0.15) is 29.4 Å². The van der Waals surface area contributed by atoms with Gasteiger partial charge in [-0.1, -0.05) is 23.7 Å². The van der Waals surface area contributed by atoms with Gasteiger partial charge < -0.3 is 5.11 Å². The van der Waals surface area contributed by atoms with Gasteiger partial charge in [-0.15, -0.1) is 0 Å². The van der Waals surface area contributed by atoms with Gasteiger partial charge in [0.2, 0.25) is 0 Å². The average Bonchev–Trinajstić information content (AvgIpc) is 2.47. The first-order valence-corrected chi connectivity index (χ1v) is 7.65. The molecule has 1 N–H and O–H groups in total. The van der Waals surface area contributed by atoms with Crippen molar-refractivity contribution in [2.75, 3.05) is 0 Å². The molecule has 2 aromatic rings. The van der Waals surface area contributed by atoms with Gasteiger partial charge in [-0.05, 0) is 45.3 Å². The second kappa shape index (κ2) is 7.39. The van der Waals surface area contributed by atoms with Crippen molar-refractivity contribution in [1.29, 1.82) is 5.26 Å². The molecule has 2 atom stereocenters. The largest absolute Gasteiger partial charge is 0.481 e. The minimum absolute atomic E-state index is 0.146. The number of rotatable bonds is 5. The highest BCUT2D eigenvalue weighted by Crippen LogP contribution is 2.36. The quantitative estimate of drug-likeness (QED) is 0.837. The summed E-state index contributed by atoms with van der Waals surface area (Å²) in [6.45, 7) is 0. The zero-order valence-corrected chi connectivity index (χ0v) is 13.8. The molecule has 4 nitrogen and oxygen atoms in total. The lowest BCUT2D eigenvalue weighted by Crippen LogP contribution is -2.14. The predicted octanol–water partition coefficient (Wildman–Crippen LogP) is 4.36. The Hall–Kier alpha value is -1.90. The van der Waals surface area contributed by atoms with Gasteiger partial charge in [-0.3, -0.25) is 9.78 Å². The SMILES string of the molecule is N#C[C@@H](c1cncc(Br)c1)[C@@H](CC(=O)O)c1ccc(Cl)cc1. The van der Waals surface area contributed by atoms with Crippen LogP contribution < -0.4 is 0 Å². The van der Waals surface area contributed by atoms with Crippen LogP contribution in [0.25, 0.3) is 0 Å². The van der Waals surface area contributed by atoms with Crippen LogP contribution in [0.15, 0.2) is 47.2 Å². The predicted molar refractivity (Wildman–Crippen MR) is 86.7 cm³/mol. The fraction of sp³-hybridized carbons (Fsp3) is 0.188. The van der Waals surface area contributed by atoms with Crippen LogP contribution in [0.4, 0.5) is 0 Å². The zero-order chi connectivity index (χ0) is 16.1. The summed E-state index contributed by atoms with van der Waals surface area (Å²) in [6, 6.07) is 10.9. The van der Waals surface area contributed by atoms with Crippen molar-refractivity contribution in [3.63, 3.8) is 0 Å². The Bertz CT molecular complexity index is 713. The number of hydrogen-bond donors (Lipinski definition) is 1. The molecule has 1 heterocycles. The Labute approximate surface area is 141 Å². The Morgan fingerprint density at radius 3 is 2.55 bits per heavy atom. The molecule has 0 saturated carbocycles. The molecule has 0 aliphatic heterocycles. The minimum Gasteiger partial charge on any atom is -0.481 e. The van der Waals surface area contributed by atoms with E-state index in [2.05, 4.69) is 27.0 Å². The van der Waals surface area contributed by atoms with Crippen LogP contribution in [-0.4, -0.2) is 16.1 Å². The lowest BCUT2D eigenvalue weighted by Gasteiger charge is -2.21. The van der Waals surface area contributed by atoms with E-state index < -0.39 is 17.8 Å². The molecule has 0 bridgehead atoms. The van der Waals surface area contributed by atoms with Gasteiger partial charge in [0.15, 0.2) is 0 Å². The summed E-state index contributed by atoms with van der Waals surface area (Å²) in [6.07, 6.45) is 3.06. The lowest BCUT2D eigenvalue weighted by atomic mass is 9.81. The number of halogens is 2. The van der Waals surface area contributed by atoms with Crippen LogP contribution in [-0.2, 0) is 4.79 Å². The molecule has 0 fully saturated rings. The minimum atomic E-state index is -0.955. The molecule has 22 heavy (non-hydrogen) atoms. The summed E-state index contributed by atoms with van der Waals surface area (Å²) >= 11 is 9.20. The van der Waals surface area contributed by atoms with E-state index in [1.54, 1.807) is 42.7 Å². The summed E-state index contributed by atoms with van der Waals surface area (Å²) in [7, 11) is 0. The zero-order valence-electron chi connectivity index (χ0n) is 11.4. The highest BCUT2D eigenvalue weighted by Gasteiger charge is 2.27. The molecule has 2 rings (SSSR count). The topological polar surface area (TPSA) is 74.0 Å². The van der Waals surface area contributed by atoms with Crippen molar-refractivity contribution in [2.45, 2.75) is 18.3 Å². The third kappa shape index (κ3) is 4.06. The van der Waals surface area contributed by atoms with E-state index in [1.807, 2.05) is 0 Å². The molecule has 0 amide bonds. The van der Waals surface area contributed by atoms with Crippen LogP contribution in [0.2, 0.25) is 5.02 Å². The average molecular weight is 380 g/mol. The maximum atomic E-state index is 11.2. The molecule has 1 aromatic carbocycles. The Kier molecular flexibility index (Phi) is 5.53. The number of carboxylic acid groups (broad SMARTS) is 1. The second-order valence-corrected chi connectivity index (χ2v) is 6.15. The number of aromatic nitrogens is 1. The van der Waals surface area contributed by atoms with Crippen molar-refractivity contribution >= 4 is 33.5 Å². The first-order chi connectivity index (χ1) is 10.5. The first kappa shape index (κ1) is 16.5. The van der Waals surface area contributed by atoms with Crippen molar-refractivity contribution in [1.82, 2.24) is 4.98 Å². The van der Waals surface area contributed by atoms with Gasteiger partial charge in [0.25, 0.3) is 0 Å². The van der Waals surface area contributed by atoms with Gasteiger partial charge in [0.05, 0.1) is 18.4 Å². The maximum Gasteiger partial charge on any atom is 0.304 e. The number of benzene rings is 1. The fourth-order valence-electron chi connectivity index (χ4n) is 2.32. The highest BCUT2D eigenvalue weighted by molar-refractivity contribution is 9.10. The number of hydrogen-bond acceptors (Lipinski definition) is 3. The molecule has 0 unspecified atom stereocenters. The van der Waals surface area contributed by atoms with E-state index in [1.165, 1.54) is 0 Å². The van der Waals surface area contributed by atoms with Gasteiger partial charge in [-0.2, -0.15) is 5.26 Å². The second-order valence-electron chi connectivity index (χ2n) is 4.80. The Morgan fingerprint density at radius 2 is 2.00 bits per heavy atom. The standard InChI is InChI=1S/C16H12BrClN2O2/c17-12-5-11(8-20-9-12)15(7-19)14(6-16(21)22)10-1-3-13(18)4-2-10/h1-5,8-9,14-15H,6H2,(H,21,22)/t14-,15-/m0/s1. The monoisotopic (exact) mass is 378 g/mol. The number of nitriles is 1. The number of aliphatic carboxylic acids is 1. The molecule has 1 aromatic heterocycles. The molecule has 6 heteroatoms. The maximum absolute atomic E-state index is 11.2. The fourth-order valence-corrected chi connectivity index (χ4v) is 2.83. The van der Waals surface area contributed by atoms with Gasteiger partial charge in [-0.25, -0.2) is 0 Å². The van der Waals surface area contributed by atoms with E-state index in [9.17, 15) is 15.2 Å². The van der Waals surface area contributed by atoms with Crippen LogP contribution >= 0.6 is 27.5 Å². The third-order valence-corrected chi connectivity index (χ3v) is 4.00. The van der Waals surface area contributed by atoms with E-state index in [0.29, 0.717) is 10.6 Å². The van der Waals surface area contributed by atoms with Crippen LogP contribution in [0.5, 0.6) is 0 Å². The van der Waals surface area contributed by atoms with Crippen LogP contribution in [0, 0.1) is 11.3 Å². The summed E-state index contributed by atoms with van der Waals surface area (Å²) in [5, 5.41) is 19.3. The molecule has 112 valence electrons. The van der Waals surface area contributed by atoms with Gasteiger partial charge in [0, 0.05) is 27.8 Å². The molecule has 0 aliphatic rings. The van der Waals surface area contributed by atoms with E-state index in [0.717, 1.165) is 10.0 Å². The first-order valence-electron chi connectivity index (χ1n) is 6.48. The highest BCUT2D eigenvalue weighted by atomic mass is 79.9. The number of nitrogens with zero attached hydrogens (tertiary/aromatic N) is 2. The Balaban J connectivity index is 2.44. The lowest BCUT2D eigenvalue weighted by molar-refractivity contribution is -0.137. The van der Waals surface area contributed by atoms with E-state index in [-0.39, 0.29) is 6.42 Å². The smallest absolute Gasteiger partial charge is 0.304 e. The third-order valence-electron chi connectivity index (χ3n) is 3.32. The van der Waals surface area contributed by atoms with Crippen LogP contribution in [0.3, 0.4) is 0 Å². The van der Waals surface area contributed by atoms with E-state index in [4.69, 9.17) is 11.6 Å². The molecular weight excluding hydrogens is 368 g/mol. The number of carbonyl (C=O) groups is 1. The molecular formula is C16H12BrClN2O2. The van der Waals surface area contributed by atoms with Crippen molar-refractivity contribution in [3.05, 3.63) is 63.3 Å². The summed E-state index contributed by atoms with van der Waals surface area (Å²) < 4.78 is 0.746. The number of pyridine rings is 1. The van der Waals surface area contributed by atoms with Crippen molar-refractivity contribution in [3.8, 4) is 6.07 Å². The molecule has 0 radical (unpaired) electrons. The van der Waals surface area contributed by atoms with Crippen molar-refractivity contribution in [2.24, 2.45) is 0 Å². The van der Waals surface area contributed by atoms with Gasteiger partial charge in [0.1, 0.15) is 0 Å². The summed E-state index contributed by atoms with van der Waals surface area (Å²) in [5.74, 6) is -2.04. The summed E-state index contributed by atoms with van der Waals surface area (Å²) in [4.78, 5) is 15.3. The number of carboxylic acids is 1. The molecule has 0 spiro atoms. The molecule has 0 aliphatic carbocycles. The van der Waals surface area contributed by atoms with Gasteiger partial charge >= 0.3 is 5.97 Å². The Morgan fingerprint density at radius 1 is 1.32 bits per heavy atom. The molecule has 0 saturated heterocycles. The van der Waals surface area contributed by atoms with Crippen molar-refractivity contribution < 1.29 is 9.90 Å². The van der Waals surface area contributed by atoms with E-state index >= 15 is 0 Å². The summed E-state index contributed by atoms with van der Waals surface area (Å²) in [5.41, 5.74) is 1.44. The normalized spacial score (nSPS) is 13.1.